The number of halogens is 3. The zero-order valence-electron chi connectivity index (χ0n) is 18.9. The van der Waals surface area contributed by atoms with E-state index < -0.39 is 21.8 Å². The zero-order valence-corrected chi connectivity index (χ0v) is 21.3. The molecule has 0 aliphatic carbocycles. The van der Waals surface area contributed by atoms with Gasteiger partial charge in [-0.1, -0.05) is 36.4 Å². The fraction of sp³-hybridized carbons (Fsp3) is 0.333. The summed E-state index contributed by atoms with van der Waals surface area (Å²) in [7, 11) is -3.62. The van der Waals surface area contributed by atoms with Crippen LogP contribution in [0.3, 0.4) is 0 Å². The third-order valence-corrected chi connectivity index (χ3v) is 10.4. The summed E-state index contributed by atoms with van der Waals surface area (Å²) >= 11 is 2.77. The Labute approximate surface area is 211 Å². The lowest BCUT2D eigenvalue weighted by Crippen LogP contribution is -2.55. The number of rotatable bonds is 7. The normalized spacial score (nSPS) is 19.5. The van der Waals surface area contributed by atoms with Crippen molar-refractivity contribution in [2.24, 2.45) is 0 Å². The maximum Gasteiger partial charge on any atom is 0.421 e. The molecule has 1 N–H and O–H groups in total. The lowest BCUT2D eigenvalue weighted by atomic mass is 9.95. The van der Waals surface area contributed by atoms with Gasteiger partial charge in [0.15, 0.2) is 5.60 Å². The van der Waals surface area contributed by atoms with Gasteiger partial charge in [-0.3, -0.25) is 0 Å². The van der Waals surface area contributed by atoms with Crippen molar-refractivity contribution in [3.05, 3.63) is 77.7 Å². The highest BCUT2D eigenvalue weighted by atomic mass is 32.2. The number of hydrogen-bond donors (Lipinski definition) is 1. The Kier molecular flexibility index (Phi) is 7.54. The Morgan fingerprint density at radius 3 is 2.31 bits per heavy atom. The van der Waals surface area contributed by atoms with E-state index in [0.29, 0.717) is 22.2 Å². The summed E-state index contributed by atoms with van der Waals surface area (Å²) in [6.45, 7) is 1.63. The molecule has 2 aromatic carbocycles. The number of anilines is 1. The number of piperazine rings is 1. The molecule has 1 aromatic heterocycles. The average molecular weight is 543 g/mol. The van der Waals surface area contributed by atoms with Crippen LogP contribution in [0.1, 0.15) is 12.5 Å². The molecule has 2 unspecified atom stereocenters. The molecule has 1 fully saturated rings. The van der Waals surface area contributed by atoms with E-state index in [4.69, 9.17) is 0 Å². The van der Waals surface area contributed by atoms with E-state index in [1.54, 1.807) is 41.4 Å². The second-order valence-corrected chi connectivity index (χ2v) is 12.6. The maximum absolute atomic E-state index is 13.2. The Morgan fingerprint density at radius 2 is 1.71 bits per heavy atom. The molecule has 0 spiro atoms. The standard InChI is InChI=1S/C24H25F3N2O3S3/c1-23(30,24(25,26)27)18-9-11-19(12-10-18)29-14-13-28(35(31,32)22-8-5-15-33-22)16-20(29)17-34-21-6-3-2-4-7-21/h2-12,15,20,30H,13-14,16-17H2,1H3. The van der Waals surface area contributed by atoms with Gasteiger partial charge in [0, 0.05) is 36.0 Å². The van der Waals surface area contributed by atoms with Gasteiger partial charge < -0.3 is 10.0 Å². The highest BCUT2D eigenvalue weighted by Crippen LogP contribution is 2.39. The van der Waals surface area contributed by atoms with Crippen molar-refractivity contribution in [2.45, 2.75) is 33.8 Å². The first-order chi connectivity index (χ1) is 16.5. The number of benzene rings is 2. The van der Waals surface area contributed by atoms with E-state index in [2.05, 4.69) is 0 Å². The van der Waals surface area contributed by atoms with Crippen molar-refractivity contribution < 1.29 is 26.7 Å². The lowest BCUT2D eigenvalue weighted by Gasteiger charge is -2.42. The SMILES string of the molecule is CC(O)(c1ccc(N2CCN(S(=O)(=O)c3cccs3)CC2CSc2ccccc2)cc1)C(F)(F)F. The molecule has 1 aliphatic rings. The largest absolute Gasteiger partial charge is 0.421 e. The van der Waals surface area contributed by atoms with Crippen LogP contribution in [-0.4, -0.2) is 55.4 Å². The first-order valence-corrected chi connectivity index (χ1v) is 14.2. The second-order valence-electron chi connectivity index (χ2n) is 8.38. The van der Waals surface area contributed by atoms with E-state index in [0.717, 1.165) is 11.8 Å². The molecule has 1 saturated heterocycles. The number of aliphatic hydroxyl groups is 1. The number of nitrogens with zero attached hydrogens (tertiary/aromatic N) is 2. The van der Waals surface area contributed by atoms with Crippen molar-refractivity contribution in [3.8, 4) is 0 Å². The maximum atomic E-state index is 13.2. The van der Waals surface area contributed by atoms with Gasteiger partial charge in [0.05, 0.1) is 6.04 Å². The van der Waals surface area contributed by atoms with Crippen LogP contribution in [0.5, 0.6) is 0 Å². The van der Waals surface area contributed by atoms with Crippen LogP contribution in [-0.2, 0) is 15.6 Å². The highest BCUT2D eigenvalue weighted by molar-refractivity contribution is 7.99. The number of thiophene rings is 1. The Balaban J connectivity index is 1.58. The van der Waals surface area contributed by atoms with Gasteiger partial charge in [-0.05, 0) is 48.2 Å². The fourth-order valence-electron chi connectivity index (χ4n) is 3.92. The smallest absolute Gasteiger partial charge is 0.376 e. The van der Waals surface area contributed by atoms with Crippen LogP contribution < -0.4 is 4.90 Å². The van der Waals surface area contributed by atoms with Crippen molar-refractivity contribution in [1.82, 2.24) is 4.31 Å². The van der Waals surface area contributed by atoms with Crippen LogP contribution in [0.2, 0.25) is 0 Å². The molecule has 1 aliphatic heterocycles. The summed E-state index contributed by atoms with van der Waals surface area (Å²) in [4.78, 5) is 3.07. The minimum atomic E-state index is -4.80. The monoisotopic (exact) mass is 542 g/mol. The molecule has 2 heterocycles. The minimum Gasteiger partial charge on any atom is -0.376 e. The molecule has 3 aromatic rings. The summed E-state index contributed by atoms with van der Waals surface area (Å²) < 4.78 is 67.8. The van der Waals surface area contributed by atoms with Crippen molar-refractivity contribution in [3.63, 3.8) is 0 Å². The quantitative estimate of drug-likeness (QED) is 0.417. The average Bonchev–Trinajstić information content (AvgIpc) is 3.39. The molecular weight excluding hydrogens is 517 g/mol. The molecule has 188 valence electrons. The van der Waals surface area contributed by atoms with Crippen molar-refractivity contribution in [2.75, 3.05) is 30.3 Å². The Hall–Kier alpha value is -2.05. The molecular formula is C24H25F3N2O3S3. The number of thioether (sulfide) groups is 1. The highest BCUT2D eigenvalue weighted by Gasteiger charge is 2.51. The first-order valence-electron chi connectivity index (χ1n) is 10.9. The summed E-state index contributed by atoms with van der Waals surface area (Å²) in [5, 5.41) is 11.7. The van der Waals surface area contributed by atoms with Crippen molar-refractivity contribution in [1.29, 1.82) is 0 Å². The van der Waals surface area contributed by atoms with E-state index in [1.165, 1.54) is 27.8 Å². The second kappa shape index (κ2) is 10.1. The van der Waals surface area contributed by atoms with Gasteiger partial charge in [-0.15, -0.1) is 23.1 Å². The van der Waals surface area contributed by atoms with Gasteiger partial charge in [0.2, 0.25) is 0 Å². The molecule has 0 amide bonds. The van der Waals surface area contributed by atoms with E-state index in [-0.39, 0.29) is 24.7 Å². The molecule has 2 atom stereocenters. The third-order valence-electron chi connectivity index (χ3n) is 6.03. The zero-order chi connectivity index (χ0) is 25.3. The number of hydrogen-bond acceptors (Lipinski definition) is 6. The van der Waals surface area contributed by atoms with E-state index in [1.807, 2.05) is 35.2 Å². The summed E-state index contributed by atoms with van der Waals surface area (Å²) in [5.41, 5.74) is -2.52. The fourth-order valence-corrected chi connectivity index (χ4v) is 7.55. The molecule has 4 rings (SSSR count). The van der Waals surface area contributed by atoms with E-state index in [9.17, 15) is 26.7 Å². The number of alkyl halides is 3. The molecule has 0 bridgehead atoms. The van der Waals surface area contributed by atoms with Crippen LogP contribution in [0.25, 0.3) is 0 Å². The van der Waals surface area contributed by atoms with Gasteiger partial charge in [-0.25, -0.2) is 8.42 Å². The Bertz CT molecular complexity index is 1220. The van der Waals surface area contributed by atoms with Crippen LogP contribution in [0.15, 0.2) is 81.2 Å². The minimum absolute atomic E-state index is 0.210. The predicted molar refractivity (Wildman–Crippen MR) is 133 cm³/mol. The summed E-state index contributed by atoms with van der Waals surface area (Å²) in [6.07, 6.45) is -4.80. The van der Waals surface area contributed by atoms with Crippen LogP contribution in [0.4, 0.5) is 18.9 Å². The molecule has 11 heteroatoms. The van der Waals surface area contributed by atoms with Gasteiger partial charge in [0.25, 0.3) is 10.0 Å². The molecule has 0 radical (unpaired) electrons. The van der Waals surface area contributed by atoms with Gasteiger partial charge in [0.1, 0.15) is 4.21 Å². The summed E-state index contributed by atoms with van der Waals surface area (Å²) in [5.74, 6) is 0.586. The first kappa shape index (κ1) is 26.0. The number of sulfonamides is 1. The molecule has 5 nitrogen and oxygen atoms in total. The predicted octanol–water partition coefficient (Wildman–Crippen LogP) is 5.19. The topological polar surface area (TPSA) is 60.9 Å². The van der Waals surface area contributed by atoms with Crippen molar-refractivity contribution >= 4 is 38.8 Å². The molecule has 0 saturated carbocycles. The lowest BCUT2D eigenvalue weighted by molar-refractivity contribution is -0.258. The van der Waals surface area contributed by atoms with Gasteiger partial charge >= 0.3 is 6.18 Å². The Morgan fingerprint density at radius 1 is 1.03 bits per heavy atom. The third kappa shape index (κ3) is 5.54. The van der Waals surface area contributed by atoms with Crippen LogP contribution in [0, 0.1) is 0 Å². The van der Waals surface area contributed by atoms with Gasteiger partial charge in [-0.2, -0.15) is 17.5 Å². The van der Waals surface area contributed by atoms with E-state index >= 15 is 0 Å². The molecule has 35 heavy (non-hydrogen) atoms. The van der Waals surface area contributed by atoms with Crippen LogP contribution >= 0.6 is 23.1 Å². The summed E-state index contributed by atoms with van der Waals surface area (Å²) in [6, 6.07) is 18.5.